The molecule has 142 valence electrons. The van der Waals surface area contributed by atoms with Gasteiger partial charge in [0.15, 0.2) is 0 Å². The van der Waals surface area contributed by atoms with Crippen LogP contribution in [0.3, 0.4) is 0 Å². The van der Waals surface area contributed by atoms with Crippen molar-refractivity contribution in [2.75, 3.05) is 20.1 Å². The molecule has 1 aliphatic heterocycles. The fourth-order valence-electron chi connectivity index (χ4n) is 3.54. The number of carbonyl (C=O) groups excluding carboxylic acids is 1. The van der Waals surface area contributed by atoms with E-state index in [9.17, 15) is 4.79 Å². The summed E-state index contributed by atoms with van der Waals surface area (Å²) >= 11 is 0. The van der Waals surface area contributed by atoms with Gasteiger partial charge in [0, 0.05) is 19.1 Å². The number of aromatic nitrogens is 2. The molecule has 2 heterocycles. The molecule has 1 aliphatic rings. The Kier molecular flexibility index (Phi) is 6.84. The number of nitrogens with one attached hydrogen (secondary N) is 1. The standard InChI is InChI=1S/C20H28N4O.ClH/c1-14(2)19-18(20(25)23-11-5-6-16(13-23)21-4)12-22-24(19)17-9-7-15(3)8-10-17;/h7-10,12,14,16,21H,5-6,11,13H2,1-4H3;1H. The topological polar surface area (TPSA) is 50.2 Å². The van der Waals surface area contributed by atoms with E-state index in [0.29, 0.717) is 6.04 Å². The first kappa shape index (κ1) is 20.5. The van der Waals surface area contributed by atoms with Crippen LogP contribution < -0.4 is 5.32 Å². The number of piperidine rings is 1. The first-order valence-corrected chi connectivity index (χ1v) is 9.12. The van der Waals surface area contributed by atoms with Crippen LogP contribution in [0.1, 0.15) is 54.2 Å². The number of amides is 1. The third kappa shape index (κ3) is 4.10. The van der Waals surface area contributed by atoms with E-state index in [4.69, 9.17) is 0 Å². The third-order valence-corrected chi connectivity index (χ3v) is 4.98. The average Bonchev–Trinajstić information content (AvgIpc) is 3.07. The number of nitrogens with zero attached hydrogens (tertiary/aromatic N) is 3. The Labute approximate surface area is 162 Å². The Morgan fingerprint density at radius 1 is 1.27 bits per heavy atom. The summed E-state index contributed by atoms with van der Waals surface area (Å²) in [6.45, 7) is 7.89. The van der Waals surface area contributed by atoms with E-state index in [0.717, 1.165) is 42.9 Å². The molecule has 6 heteroatoms. The van der Waals surface area contributed by atoms with Crippen LogP contribution in [0.15, 0.2) is 30.5 Å². The lowest BCUT2D eigenvalue weighted by Crippen LogP contribution is -2.47. The minimum absolute atomic E-state index is 0. The van der Waals surface area contributed by atoms with E-state index in [2.05, 4.69) is 55.5 Å². The maximum Gasteiger partial charge on any atom is 0.257 e. The zero-order chi connectivity index (χ0) is 18.0. The summed E-state index contributed by atoms with van der Waals surface area (Å²) in [5.74, 6) is 0.314. The lowest BCUT2D eigenvalue weighted by molar-refractivity contribution is 0.0696. The third-order valence-electron chi connectivity index (χ3n) is 4.98. The molecule has 1 N–H and O–H groups in total. The van der Waals surface area contributed by atoms with Crippen LogP contribution in [0.4, 0.5) is 0 Å². The number of halogens is 1. The molecule has 2 aromatic rings. The number of rotatable bonds is 4. The summed E-state index contributed by atoms with van der Waals surface area (Å²) < 4.78 is 1.91. The van der Waals surface area contributed by atoms with E-state index in [1.807, 2.05) is 16.6 Å². The summed E-state index contributed by atoms with van der Waals surface area (Å²) in [4.78, 5) is 15.1. The van der Waals surface area contributed by atoms with Gasteiger partial charge in [0.2, 0.25) is 0 Å². The number of likely N-dealkylation sites (tertiary alicyclic amines) is 1. The van der Waals surface area contributed by atoms with Crippen LogP contribution in [0.2, 0.25) is 0 Å². The molecule has 1 unspecified atom stereocenters. The van der Waals surface area contributed by atoms with Crippen molar-refractivity contribution in [3.05, 3.63) is 47.3 Å². The lowest BCUT2D eigenvalue weighted by Gasteiger charge is -2.32. The number of hydrogen-bond acceptors (Lipinski definition) is 3. The second-order valence-electron chi connectivity index (χ2n) is 7.22. The van der Waals surface area contributed by atoms with E-state index in [1.54, 1.807) is 6.20 Å². The smallest absolute Gasteiger partial charge is 0.257 e. The molecule has 0 spiro atoms. The van der Waals surface area contributed by atoms with Crippen molar-refractivity contribution in [2.45, 2.75) is 45.6 Å². The van der Waals surface area contributed by atoms with Crippen molar-refractivity contribution >= 4 is 18.3 Å². The average molecular weight is 377 g/mol. The molecule has 5 nitrogen and oxygen atoms in total. The molecule has 1 atom stereocenters. The van der Waals surface area contributed by atoms with Crippen LogP contribution >= 0.6 is 12.4 Å². The highest BCUT2D eigenvalue weighted by atomic mass is 35.5. The summed E-state index contributed by atoms with van der Waals surface area (Å²) in [6, 6.07) is 8.64. The number of benzene rings is 1. The molecular weight excluding hydrogens is 348 g/mol. The van der Waals surface area contributed by atoms with Crippen molar-refractivity contribution in [1.29, 1.82) is 0 Å². The van der Waals surface area contributed by atoms with Gasteiger partial charge >= 0.3 is 0 Å². The zero-order valence-electron chi connectivity index (χ0n) is 16.0. The Balaban J connectivity index is 0.00000243. The number of likely N-dealkylation sites (N-methyl/N-ethyl adjacent to an activating group) is 1. The zero-order valence-corrected chi connectivity index (χ0v) is 16.8. The van der Waals surface area contributed by atoms with Crippen molar-refractivity contribution in [1.82, 2.24) is 20.0 Å². The van der Waals surface area contributed by atoms with Gasteiger partial charge in [-0.15, -0.1) is 12.4 Å². The van der Waals surface area contributed by atoms with Gasteiger partial charge in [0.1, 0.15) is 0 Å². The molecule has 0 saturated carbocycles. The number of hydrogen-bond donors (Lipinski definition) is 1. The van der Waals surface area contributed by atoms with E-state index in [1.165, 1.54) is 5.56 Å². The number of aryl methyl sites for hydroxylation is 1. The fourth-order valence-corrected chi connectivity index (χ4v) is 3.54. The molecule has 0 radical (unpaired) electrons. The van der Waals surface area contributed by atoms with E-state index < -0.39 is 0 Å². The van der Waals surface area contributed by atoms with Crippen LogP contribution in [0, 0.1) is 6.92 Å². The molecular formula is C20H29ClN4O. The summed E-state index contributed by atoms with van der Waals surface area (Å²) in [5.41, 5.74) is 3.93. The van der Waals surface area contributed by atoms with Gasteiger partial charge in [0.05, 0.1) is 23.1 Å². The lowest BCUT2D eigenvalue weighted by atomic mass is 10.0. The van der Waals surface area contributed by atoms with Crippen LogP contribution in [0.5, 0.6) is 0 Å². The molecule has 1 fully saturated rings. The quantitative estimate of drug-likeness (QED) is 0.887. The van der Waals surface area contributed by atoms with Crippen LogP contribution in [-0.2, 0) is 0 Å². The van der Waals surface area contributed by atoms with Gasteiger partial charge in [-0.05, 0) is 44.9 Å². The highest BCUT2D eigenvalue weighted by Crippen LogP contribution is 2.25. The minimum Gasteiger partial charge on any atom is -0.337 e. The van der Waals surface area contributed by atoms with Gasteiger partial charge in [0.25, 0.3) is 5.91 Å². The SMILES string of the molecule is CNC1CCCN(C(=O)c2cnn(-c3ccc(C)cc3)c2C(C)C)C1.Cl. The first-order valence-electron chi connectivity index (χ1n) is 9.12. The Hall–Kier alpha value is -1.85. The van der Waals surface area contributed by atoms with Crippen LogP contribution in [0.25, 0.3) is 5.69 Å². The van der Waals surface area contributed by atoms with Gasteiger partial charge in [-0.1, -0.05) is 31.5 Å². The van der Waals surface area contributed by atoms with E-state index >= 15 is 0 Å². The van der Waals surface area contributed by atoms with Gasteiger partial charge in [-0.3, -0.25) is 4.79 Å². The highest BCUT2D eigenvalue weighted by Gasteiger charge is 2.28. The summed E-state index contributed by atoms with van der Waals surface area (Å²) in [5, 5.41) is 7.85. The molecule has 1 aromatic heterocycles. The largest absolute Gasteiger partial charge is 0.337 e. The molecule has 1 saturated heterocycles. The Morgan fingerprint density at radius 2 is 1.96 bits per heavy atom. The first-order chi connectivity index (χ1) is 12.0. The van der Waals surface area contributed by atoms with Crippen molar-refractivity contribution < 1.29 is 4.79 Å². The summed E-state index contributed by atoms with van der Waals surface area (Å²) in [7, 11) is 1.97. The summed E-state index contributed by atoms with van der Waals surface area (Å²) in [6.07, 6.45) is 3.90. The molecule has 1 aromatic carbocycles. The molecule has 0 bridgehead atoms. The second kappa shape index (κ2) is 8.69. The molecule has 3 rings (SSSR count). The number of carbonyl (C=O) groups is 1. The van der Waals surface area contributed by atoms with E-state index in [-0.39, 0.29) is 24.2 Å². The normalized spacial score (nSPS) is 17.3. The van der Waals surface area contributed by atoms with Gasteiger partial charge in [-0.2, -0.15) is 5.10 Å². The maximum absolute atomic E-state index is 13.1. The highest BCUT2D eigenvalue weighted by molar-refractivity contribution is 5.95. The van der Waals surface area contributed by atoms with Crippen molar-refractivity contribution in [3.8, 4) is 5.69 Å². The second-order valence-corrected chi connectivity index (χ2v) is 7.22. The molecule has 26 heavy (non-hydrogen) atoms. The predicted molar refractivity (Wildman–Crippen MR) is 108 cm³/mol. The molecule has 0 aliphatic carbocycles. The van der Waals surface area contributed by atoms with Gasteiger partial charge in [-0.25, -0.2) is 4.68 Å². The predicted octanol–water partition coefficient (Wildman–Crippen LogP) is 3.55. The van der Waals surface area contributed by atoms with Crippen LogP contribution in [-0.4, -0.2) is 46.8 Å². The Bertz CT molecular complexity index is 739. The Morgan fingerprint density at radius 3 is 2.58 bits per heavy atom. The van der Waals surface area contributed by atoms with Crippen molar-refractivity contribution in [3.63, 3.8) is 0 Å². The van der Waals surface area contributed by atoms with Gasteiger partial charge < -0.3 is 10.2 Å². The monoisotopic (exact) mass is 376 g/mol. The fraction of sp³-hybridized carbons (Fsp3) is 0.500. The maximum atomic E-state index is 13.1. The molecule has 1 amide bonds. The van der Waals surface area contributed by atoms with Crippen molar-refractivity contribution in [2.24, 2.45) is 0 Å². The minimum atomic E-state index is 0.